The van der Waals surface area contributed by atoms with Crippen LogP contribution in [0.4, 0.5) is 0 Å². The molecule has 13 heavy (non-hydrogen) atoms. The van der Waals surface area contributed by atoms with Crippen LogP contribution >= 0.6 is 0 Å². The average Bonchev–Trinajstić information content (AvgIpc) is 2.10. The largest absolute Gasteiger partial charge is 0.490 e. The maximum absolute atomic E-state index is 11.2. The predicted octanol–water partition coefficient (Wildman–Crippen LogP) is 1.80. The van der Waals surface area contributed by atoms with E-state index in [0.29, 0.717) is 11.3 Å². The number of allylic oxidation sites excluding steroid dienone is 1. The Hall–Kier alpha value is -1.25. The highest BCUT2D eigenvalue weighted by atomic mass is 16.5. The normalized spacial score (nSPS) is 22.2. The standard InChI is InChI=1S/C10H14O3/c1-6-5-9(10(11)12-4)8(3)13-7(6)2/h5,7H,1-4H3/t7-/m1/s1. The zero-order valence-electron chi connectivity index (χ0n) is 8.38. The molecule has 0 spiro atoms. The van der Waals surface area contributed by atoms with Gasteiger partial charge < -0.3 is 9.47 Å². The molecule has 3 heteroatoms. The molecule has 0 aromatic heterocycles. The van der Waals surface area contributed by atoms with Gasteiger partial charge in [-0.25, -0.2) is 4.79 Å². The van der Waals surface area contributed by atoms with Gasteiger partial charge in [-0.15, -0.1) is 0 Å². The topological polar surface area (TPSA) is 35.5 Å². The van der Waals surface area contributed by atoms with Gasteiger partial charge in [-0.2, -0.15) is 0 Å². The van der Waals surface area contributed by atoms with Crippen LogP contribution in [0, 0.1) is 0 Å². The molecule has 0 fully saturated rings. The molecule has 1 rings (SSSR count). The quantitative estimate of drug-likeness (QED) is 0.580. The van der Waals surface area contributed by atoms with Crippen molar-refractivity contribution in [3.8, 4) is 0 Å². The molecule has 0 radical (unpaired) electrons. The Kier molecular flexibility index (Phi) is 2.76. The molecule has 1 aliphatic heterocycles. The van der Waals surface area contributed by atoms with Gasteiger partial charge in [0.25, 0.3) is 0 Å². The molecular formula is C10H14O3. The van der Waals surface area contributed by atoms with E-state index in [0.717, 1.165) is 5.57 Å². The second kappa shape index (κ2) is 3.64. The first kappa shape index (κ1) is 9.84. The van der Waals surface area contributed by atoms with E-state index < -0.39 is 0 Å². The molecule has 1 heterocycles. The smallest absolute Gasteiger partial charge is 0.341 e. The Morgan fingerprint density at radius 1 is 1.54 bits per heavy atom. The van der Waals surface area contributed by atoms with E-state index in [1.165, 1.54) is 7.11 Å². The van der Waals surface area contributed by atoms with Crippen LogP contribution in [-0.4, -0.2) is 19.2 Å². The average molecular weight is 182 g/mol. The number of rotatable bonds is 1. The molecule has 0 N–H and O–H groups in total. The number of esters is 1. The third kappa shape index (κ3) is 1.91. The van der Waals surface area contributed by atoms with E-state index in [9.17, 15) is 4.79 Å². The summed E-state index contributed by atoms with van der Waals surface area (Å²) in [5, 5.41) is 0. The van der Waals surface area contributed by atoms with Gasteiger partial charge in [-0.1, -0.05) is 0 Å². The van der Waals surface area contributed by atoms with Crippen molar-refractivity contribution in [1.82, 2.24) is 0 Å². The number of carbonyl (C=O) groups is 1. The van der Waals surface area contributed by atoms with Gasteiger partial charge in [0.15, 0.2) is 0 Å². The highest BCUT2D eigenvalue weighted by Gasteiger charge is 2.20. The zero-order chi connectivity index (χ0) is 10.0. The monoisotopic (exact) mass is 182 g/mol. The molecule has 72 valence electrons. The SMILES string of the molecule is COC(=O)C1=C(C)O[C@H](C)C(C)=C1. The summed E-state index contributed by atoms with van der Waals surface area (Å²) in [6.45, 7) is 5.65. The van der Waals surface area contributed by atoms with Gasteiger partial charge in [0.2, 0.25) is 0 Å². The van der Waals surface area contributed by atoms with Crippen LogP contribution in [0.15, 0.2) is 23.0 Å². The van der Waals surface area contributed by atoms with E-state index in [4.69, 9.17) is 4.74 Å². The van der Waals surface area contributed by atoms with Crippen molar-refractivity contribution in [3.63, 3.8) is 0 Å². The Morgan fingerprint density at radius 3 is 2.69 bits per heavy atom. The molecule has 0 aliphatic carbocycles. The fourth-order valence-electron chi connectivity index (χ4n) is 1.18. The van der Waals surface area contributed by atoms with Crippen molar-refractivity contribution < 1.29 is 14.3 Å². The molecule has 1 atom stereocenters. The molecule has 1 aliphatic rings. The molecular weight excluding hydrogens is 168 g/mol. The molecule has 0 saturated heterocycles. The summed E-state index contributed by atoms with van der Waals surface area (Å²) < 4.78 is 10.1. The van der Waals surface area contributed by atoms with Gasteiger partial charge in [0.1, 0.15) is 11.9 Å². The van der Waals surface area contributed by atoms with Crippen molar-refractivity contribution in [2.24, 2.45) is 0 Å². The highest BCUT2D eigenvalue weighted by Crippen LogP contribution is 2.22. The molecule has 0 amide bonds. The molecule has 0 aromatic carbocycles. The maximum Gasteiger partial charge on any atom is 0.341 e. The first-order chi connectivity index (χ1) is 6.06. The molecule has 0 aromatic rings. The van der Waals surface area contributed by atoms with Crippen LogP contribution in [0.25, 0.3) is 0 Å². The lowest BCUT2D eigenvalue weighted by molar-refractivity contribution is -0.136. The summed E-state index contributed by atoms with van der Waals surface area (Å²) in [5.41, 5.74) is 1.55. The van der Waals surface area contributed by atoms with Crippen molar-refractivity contribution in [3.05, 3.63) is 23.0 Å². The number of methoxy groups -OCH3 is 1. The van der Waals surface area contributed by atoms with E-state index in [1.54, 1.807) is 6.92 Å². The molecule has 0 saturated carbocycles. The number of ether oxygens (including phenoxy) is 2. The van der Waals surface area contributed by atoms with E-state index in [-0.39, 0.29) is 12.1 Å². The summed E-state index contributed by atoms with van der Waals surface area (Å²) in [6.07, 6.45) is 1.86. The predicted molar refractivity (Wildman–Crippen MR) is 49.0 cm³/mol. The van der Waals surface area contributed by atoms with Crippen molar-refractivity contribution in [2.75, 3.05) is 7.11 Å². The second-order valence-corrected chi connectivity index (χ2v) is 3.11. The Balaban J connectivity index is 2.97. The lowest BCUT2D eigenvalue weighted by Crippen LogP contribution is -2.18. The van der Waals surface area contributed by atoms with Crippen LogP contribution in [0.2, 0.25) is 0 Å². The highest BCUT2D eigenvalue weighted by molar-refractivity contribution is 5.92. The minimum atomic E-state index is -0.344. The molecule has 0 bridgehead atoms. The Bertz CT molecular complexity index is 287. The summed E-state index contributed by atoms with van der Waals surface area (Å²) in [6, 6.07) is 0. The van der Waals surface area contributed by atoms with Crippen molar-refractivity contribution in [1.29, 1.82) is 0 Å². The fraction of sp³-hybridized carbons (Fsp3) is 0.500. The van der Waals surface area contributed by atoms with E-state index in [1.807, 2.05) is 19.9 Å². The van der Waals surface area contributed by atoms with Crippen molar-refractivity contribution in [2.45, 2.75) is 26.9 Å². The minimum Gasteiger partial charge on any atom is -0.490 e. The van der Waals surface area contributed by atoms with Crippen LogP contribution in [0.3, 0.4) is 0 Å². The molecule has 3 nitrogen and oxygen atoms in total. The summed E-state index contributed by atoms with van der Waals surface area (Å²) >= 11 is 0. The van der Waals surface area contributed by atoms with E-state index in [2.05, 4.69) is 4.74 Å². The number of hydrogen-bond donors (Lipinski definition) is 0. The second-order valence-electron chi connectivity index (χ2n) is 3.11. The first-order valence-electron chi connectivity index (χ1n) is 4.20. The van der Waals surface area contributed by atoms with Crippen LogP contribution in [-0.2, 0) is 14.3 Å². The van der Waals surface area contributed by atoms with Crippen molar-refractivity contribution >= 4 is 5.97 Å². The maximum atomic E-state index is 11.2. The molecule has 0 unspecified atom stereocenters. The lowest BCUT2D eigenvalue weighted by Gasteiger charge is -2.22. The number of carbonyl (C=O) groups excluding carboxylic acids is 1. The lowest BCUT2D eigenvalue weighted by atomic mass is 10.1. The van der Waals surface area contributed by atoms with Gasteiger partial charge in [-0.05, 0) is 32.4 Å². The van der Waals surface area contributed by atoms with Crippen LogP contribution < -0.4 is 0 Å². The van der Waals surface area contributed by atoms with E-state index >= 15 is 0 Å². The Morgan fingerprint density at radius 2 is 2.15 bits per heavy atom. The van der Waals surface area contributed by atoms with Gasteiger partial charge >= 0.3 is 5.97 Å². The summed E-state index contributed by atoms with van der Waals surface area (Å²) in [5.74, 6) is 0.286. The fourth-order valence-corrected chi connectivity index (χ4v) is 1.18. The summed E-state index contributed by atoms with van der Waals surface area (Å²) in [7, 11) is 1.36. The van der Waals surface area contributed by atoms with Crippen LogP contribution in [0.1, 0.15) is 20.8 Å². The summed E-state index contributed by atoms with van der Waals surface area (Å²) in [4.78, 5) is 11.2. The number of hydrogen-bond acceptors (Lipinski definition) is 3. The third-order valence-corrected chi connectivity index (χ3v) is 2.15. The van der Waals surface area contributed by atoms with Crippen LogP contribution in [0.5, 0.6) is 0 Å². The zero-order valence-corrected chi connectivity index (χ0v) is 8.38. The Labute approximate surface area is 78.0 Å². The first-order valence-corrected chi connectivity index (χ1v) is 4.20. The van der Waals surface area contributed by atoms with Gasteiger partial charge in [0, 0.05) is 0 Å². The third-order valence-electron chi connectivity index (χ3n) is 2.15. The van der Waals surface area contributed by atoms with Gasteiger partial charge in [0.05, 0.1) is 12.7 Å². The van der Waals surface area contributed by atoms with Gasteiger partial charge in [-0.3, -0.25) is 0 Å². The minimum absolute atomic E-state index is 0.0495.